The molecule has 78 valence electrons. The van der Waals surface area contributed by atoms with Gasteiger partial charge in [0.25, 0.3) is 0 Å². The molecule has 0 aromatic carbocycles. The second kappa shape index (κ2) is 29.3. The first-order valence-electron chi connectivity index (χ1n) is 3.15. The van der Waals surface area contributed by atoms with Crippen molar-refractivity contribution in [2.45, 2.75) is 6.92 Å². The first kappa shape index (κ1) is 29.6. The third kappa shape index (κ3) is 111. The van der Waals surface area contributed by atoms with Crippen LogP contribution in [-0.2, 0) is 14.4 Å². The van der Waals surface area contributed by atoms with Crippen LogP contribution in [0.25, 0.3) is 0 Å². The van der Waals surface area contributed by atoms with Gasteiger partial charge < -0.3 is 36.1 Å². The SMILES string of the molecule is CC=O.NCC(=O)[O-].NCC(=O)[O-].[Na+].[Na+]. The van der Waals surface area contributed by atoms with E-state index in [0.29, 0.717) is 0 Å². The van der Waals surface area contributed by atoms with Crippen molar-refractivity contribution in [3.63, 3.8) is 0 Å². The molecule has 0 aromatic rings. The Balaban J connectivity index is -0.0000000322. The summed E-state index contributed by atoms with van der Waals surface area (Å²) in [5.41, 5.74) is 9.02. The summed E-state index contributed by atoms with van der Waals surface area (Å²) in [6.45, 7) is 0.667. The van der Waals surface area contributed by atoms with Crippen LogP contribution in [0.15, 0.2) is 0 Å². The van der Waals surface area contributed by atoms with Crippen LogP contribution in [0.4, 0.5) is 0 Å². The number of aliphatic carboxylic acids is 2. The van der Waals surface area contributed by atoms with Crippen molar-refractivity contribution in [3.8, 4) is 0 Å². The molecule has 0 aliphatic rings. The predicted molar refractivity (Wildman–Crippen MR) is 39.9 cm³/mol. The molecule has 0 aliphatic heterocycles. The molecular formula is C6H12N2Na2O5. The van der Waals surface area contributed by atoms with Crippen LogP contribution in [0.5, 0.6) is 0 Å². The van der Waals surface area contributed by atoms with Crippen molar-refractivity contribution >= 4 is 18.2 Å². The molecule has 0 fully saturated rings. The first-order valence-corrected chi connectivity index (χ1v) is 3.15. The summed E-state index contributed by atoms with van der Waals surface area (Å²) in [4.78, 5) is 27.1. The summed E-state index contributed by atoms with van der Waals surface area (Å²) in [6.07, 6.45) is 0.750. The summed E-state index contributed by atoms with van der Waals surface area (Å²) in [7, 11) is 0. The van der Waals surface area contributed by atoms with E-state index in [0.717, 1.165) is 6.29 Å². The van der Waals surface area contributed by atoms with Gasteiger partial charge in [0.1, 0.15) is 6.29 Å². The quantitative estimate of drug-likeness (QED) is 0.358. The normalized spacial score (nSPS) is 5.80. The van der Waals surface area contributed by atoms with Crippen molar-refractivity contribution in [2.24, 2.45) is 11.5 Å². The van der Waals surface area contributed by atoms with Crippen LogP contribution < -0.4 is 80.8 Å². The molecule has 0 heterocycles. The predicted octanol–water partition coefficient (Wildman–Crippen LogP) is -10.4. The third-order valence-corrected chi connectivity index (χ3v) is 0.333. The molecule has 4 N–H and O–H groups in total. The molecule has 0 aromatic heterocycles. The smallest absolute Gasteiger partial charge is 0.549 e. The van der Waals surface area contributed by atoms with Gasteiger partial charge in [-0.1, -0.05) is 0 Å². The van der Waals surface area contributed by atoms with E-state index in [9.17, 15) is 0 Å². The van der Waals surface area contributed by atoms with Gasteiger partial charge in [0.05, 0.1) is 11.9 Å². The maximum Gasteiger partial charge on any atom is 1.00 e. The number of carbonyl (C=O) groups is 3. The minimum absolute atomic E-state index is 0. The minimum atomic E-state index is -1.22. The Morgan fingerprint density at radius 1 is 1.07 bits per heavy atom. The van der Waals surface area contributed by atoms with Gasteiger partial charge in [-0.25, -0.2) is 0 Å². The molecular weight excluding hydrogens is 226 g/mol. The maximum atomic E-state index is 9.13. The minimum Gasteiger partial charge on any atom is -0.549 e. The summed E-state index contributed by atoms with van der Waals surface area (Å²) >= 11 is 0. The van der Waals surface area contributed by atoms with Gasteiger partial charge in [0, 0.05) is 13.1 Å². The van der Waals surface area contributed by atoms with E-state index in [1.165, 1.54) is 6.92 Å². The molecule has 0 amide bonds. The molecule has 0 unspecified atom stereocenters. The monoisotopic (exact) mass is 238 g/mol. The van der Waals surface area contributed by atoms with Crippen LogP contribution in [0.2, 0.25) is 0 Å². The van der Waals surface area contributed by atoms with Crippen molar-refractivity contribution in [2.75, 3.05) is 13.1 Å². The summed E-state index contributed by atoms with van der Waals surface area (Å²) in [5, 5.41) is 18.3. The van der Waals surface area contributed by atoms with E-state index in [4.69, 9.17) is 24.6 Å². The molecule has 0 rings (SSSR count). The average molecular weight is 238 g/mol. The fourth-order valence-electron chi connectivity index (χ4n) is 0. The third-order valence-electron chi connectivity index (χ3n) is 0.333. The van der Waals surface area contributed by atoms with E-state index in [2.05, 4.69) is 11.5 Å². The van der Waals surface area contributed by atoms with Gasteiger partial charge in [-0.3, -0.25) is 0 Å². The molecule has 15 heavy (non-hydrogen) atoms. The van der Waals surface area contributed by atoms with Gasteiger partial charge >= 0.3 is 59.1 Å². The Morgan fingerprint density at radius 3 is 1.13 bits per heavy atom. The zero-order chi connectivity index (χ0) is 11.3. The number of hydrogen-bond acceptors (Lipinski definition) is 7. The fourth-order valence-corrected chi connectivity index (χ4v) is 0. The fraction of sp³-hybridized carbons (Fsp3) is 0.500. The van der Waals surface area contributed by atoms with E-state index in [1.807, 2.05) is 0 Å². The van der Waals surface area contributed by atoms with Gasteiger partial charge in [0.2, 0.25) is 0 Å². The van der Waals surface area contributed by atoms with Crippen LogP contribution in [0.3, 0.4) is 0 Å². The molecule has 0 radical (unpaired) electrons. The number of carbonyl (C=O) groups excluding carboxylic acids is 3. The van der Waals surface area contributed by atoms with Crippen molar-refractivity contribution < 1.29 is 83.7 Å². The number of rotatable bonds is 2. The Kier molecular flexibility index (Phi) is 57.7. The Hall–Kier alpha value is 0.530. The van der Waals surface area contributed by atoms with E-state index in [1.54, 1.807) is 0 Å². The van der Waals surface area contributed by atoms with Gasteiger partial charge in [-0.15, -0.1) is 0 Å². The van der Waals surface area contributed by atoms with Gasteiger partial charge in [-0.05, 0) is 6.92 Å². The second-order valence-corrected chi connectivity index (χ2v) is 1.39. The van der Waals surface area contributed by atoms with Gasteiger partial charge in [-0.2, -0.15) is 0 Å². The van der Waals surface area contributed by atoms with E-state index in [-0.39, 0.29) is 72.2 Å². The molecule has 0 bridgehead atoms. The molecule has 0 saturated carbocycles. The molecule has 0 spiro atoms. The summed E-state index contributed by atoms with van der Waals surface area (Å²) in [6, 6.07) is 0. The maximum absolute atomic E-state index is 9.13. The Morgan fingerprint density at radius 2 is 1.13 bits per heavy atom. The molecule has 0 saturated heterocycles. The summed E-state index contributed by atoms with van der Waals surface area (Å²) in [5.74, 6) is -2.44. The van der Waals surface area contributed by atoms with Crippen LogP contribution >= 0.6 is 0 Å². The second-order valence-electron chi connectivity index (χ2n) is 1.39. The zero-order valence-corrected chi connectivity index (χ0v) is 13.2. The van der Waals surface area contributed by atoms with Crippen LogP contribution in [0.1, 0.15) is 6.92 Å². The van der Waals surface area contributed by atoms with Crippen LogP contribution in [0, 0.1) is 0 Å². The number of nitrogens with two attached hydrogens (primary N) is 2. The number of carboxylic acid groups (broad SMARTS) is 2. The molecule has 9 heteroatoms. The number of carboxylic acids is 2. The number of hydrogen-bond donors (Lipinski definition) is 2. The van der Waals surface area contributed by atoms with Gasteiger partial charge in [0.15, 0.2) is 0 Å². The zero-order valence-electron chi connectivity index (χ0n) is 9.19. The van der Waals surface area contributed by atoms with Crippen LogP contribution in [-0.4, -0.2) is 31.3 Å². The summed E-state index contributed by atoms with van der Waals surface area (Å²) < 4.78 is 0. The molecule has 7 nitrogen and oxygen atoms in total. The largest absolute Gasteiger partial charge is 1.00 e. The van der Waals surface area contributed by atoms with Crippen molar-refractivity contribution in [3.05, 3.63) is 0 Å². The van der Waals surface area contributed by atoms with E-state index >= 15 is 0 Å². The Labute approximate surface area is 132 Å². The number of aldehydes is 1. The van der Waals surface area contributed by atoms with Crippen molar-refractivity contribution in [1.29, 1.82) is 0 Å². The standard InChI is InChI=1S/2C2H5NO2.C2H4O.2Na/c2*3-1-2(4)5;1-2-3;;/h2*1,3H2,(H,4,5);2H,1H3;;/q;;;2*+1/p-2. The average Bonchev–Trinajstić information content (AvgIpc) is 2.07. The first-order chi connectivity index (χ1) is 5.95. The molecule has 0 atom stereocenters. The Bertz CT molecular complexity index is 142. The van der Waals surface area contributed by atoms with Crippen molar-refractivity contribution in [1.82, 2.24) is 0 Å². The topological polar surface area (TPSA) is 149 Å². The van der Waals surface area contributed by atoms with E-state index < -0.39 is 11.9 Å². The molecule has 0 aliphatic carbocycles.